The van der Waals surface area contributed by atoms with Gasteiger partial charge in [0.15, 0.2) is 0 Å². The van der Waals surface area contributed by atoms with Crippen LogP contribution in [0.15, 0.2) is 48.5 Å². The summed E-state index contributed by atoms with van der Waals surface area (Å²) >= 11 is 0. The summed E-state index contributed by atoms with van der Waals surface area (Å²) in [6, 6.07) is 12.3. The fourth-order valence-corrected chi connectivity index (χ4v) is 4.85. The first-order valence-corrected chi connectivity index (χ1v) is 12.2. The molecule has 2 aromatic carbocycles. The third kappa shape index (κ3) is 6.78. The lowest BCUT2D eigenvalue weighted by Crippen LogP contribution is -2.52. The molecule has 4 rings (SSSR count). The predicted molar refractivity (Wildman–Crippen MR) is 127 cm³/mol. The van der Waals surface area contributed by atoms with Crippen molar-refractivity contribution in [1.29, 1.82) is 0 Å². The zero-order valence-electron chi connectivity index (χ0n) is 19.9. The zero-order valence-corrected chi connectivity index (χ0v) is 19.9. The molecule has 2 amide bonds. The topological polar surface area (TPSA) is 59.1 Å². The molecule has 0 aliphatic carbocycles. The van der Waals surface area contributed by atoms with Crippen molar-refractivity contribution in [3.05, 3.63) is 65.7 Å². The van der Waals surface area contributed by atoms with Gasteiger partial charge in [-0.2, -0.15) is 0 Å². The molecular weight excluding hydrogens is 454 g/mol. The monoisotopic (exact) mass is 486 g/mol. The predicted octanol–water partition coefficient (Wildman–Crippen LogP) is 3.83. The largest absolute Gasteiger partial charge is 0.493 e. The zero-order chi connectivity index (χ0) is 24.7. The Morgan fingerprint density at radius 3 is 2.43 bits per heavy atom. The Balaban J connectivity index is 1.45. The smallest absolute Gasteiger partial charge is 0.223 e. The maximum absolute atomic E-state index is 14.0. The van der Waals surface area contributed by atoms with Crippen molar-refractivity contribution >= 4 is 11.8 Å². The summed E-state index contributed by atoms with van der Waals surface area (Å²) in [6.45, 7) is 3.38. The van der Waals surface area contributed by atoms with Gasteiger partial charge in [-0.25, -0.2) is 8.78 Å². The number of hydrogen-bond acceptors (Lipinski definition) is 4. The van der Waals surface area contributed by atoms with Crippen LogP contribution in [0.3, 0.4) is 0 Å². The number of morpholine rings is 1. The number of hydrogen-bond donors (Lipinski definition) is 0. The van der Waals surface area contributed by atoms with Crippen LogP contribution < -0.4 is 4.74 Å². The van der Waals surface area contributed by atoms with E-state index in [4.69, 9.17) is 9.47 Å². The first kappa shape index (κ1) is 25.1. The Hall–Kier alpha value is -3.00. The highest BCUT2D eigenvalue weighted by Gasteiger charge is 2.41. The van der Waals surface area contributed by atoms with E-state index in [9.17, 15) is 18.4 Å². The van der Waals surface area contributed by atoms with Gasteiger partial charge < -0.3 is 19.3 Å². The molecule has 0 spiro atoms. The number of likely N-dealkylation sites (tertiary alicyclic amines) is 1. The van der Waals surface area contributed by atoms with Crippen molar-refractivity contribution in [2.75, 3.05) is 46.0 Å². The van der Waals surface area contributed by atoms with Gasteiger partial charge in [0.05, 0.1) is 19.8 Å². The van der Waals surface area contributed by atoms with Crippen LogP contribution in [0, 0.1) is 17.0 Å². The number of amides is 2. The van der Waals surface area contributed by atoms with Crippen LogP contribution in [0.4, 0.5) is 8.78 Å². The van der Waals surface area contributed by atoms with E-state index in [0.717, 1.165) is 12.8 Å². The molecule has 1 unspecified atom stereocenters. The lowest BCUT2D eigenvalue weighted by Gasteiger charge is -2.43. The van der Waals surface area contributed by atoms with Gasteiger partial charge in [0, 0.05) is 44.4 Å². The fourth-order valence-electron chi connectivity index (χ4n) is 4.85. The fraction of sp³-hybridized carbons (Fsp3) is 0.481. The lowest BCUT2D eigenvalue weighted by atomic mass is 9.77. The number of halogens is 2. The standard InChI is InChI=1S/C27H32F2N2O4/c28-22-7-9-23(10-8-22)35-20-27(18-26(33)30-14-16-34-17-15-30)12-3-13-31(19-27)25(32)11-6-21-4-1-2-5-24(21)29/h1-2,4-5,7-10H,3,6,11-20H2. The van der Waals surface area contributed by atoms with Gasteiger partial charge in [0.25, 0.3) is 0 Å². The summed E-state index contributed by atoms with van der Waals surface area (Å²) in [5, 5.41) is 0. The SMILES string of the molecule is O=C(CC1(COc2ccc(F)cc2)CCCN(C(=O)CCc2ccccc2F)C1)N1CCOCC1. The van der Waals surface area contributed by atoms with Gasteiger partial charge in [0.2, 0.25) is 11.8 Å². The maximum Gasteiger partial charge on any atom is 0.223 e. The summed E-state index contributed by atoms with van der Waals surface area (Å²) in [7, 11) is 0. The van der Waals surface area contributed by atoms with Gasteiger partial charge in [-0.3, -0.25) is 9.59 Å². The number of benzene rings is 2. The molecule has 2 aromatic rings. The number of rotatable bonds is 8. The molecule has 2 aliphatic rings. The van der Waals surface area contributed by atoms with E-state index in [1.165, 1.54) is 18.2 Å². The third-order valence-electron chi connectivity index (χ3n) is 6.83. The average Bonchev–Trinajstić information content (AvgIpc) is 2.88. The summed E-state index contributed by atoms with van der Waals surface area (Å²) in [5.41, 5.74) is -0.0402. The number of carbonyl (C=O) groups is 2. The second-order valence-electron chi connectivity index (χ2n) is 9.42. The molecule has 188 valence electrons. The second-order valence-corrected chi connectivity index (χ2v) is 9.42. The van der Waals surface area contributed by atoms with E-state index in [1.54, 1.807) is 35.2 Å². The van der Waals surface area contributed by atoms with Gasteiger partial charge in [0.1, 0.15) is 17.4 Å². The van der Waals surface area contributed by atoms with Crippen LogP contribution in [0.2, 0.25) is 0 Å². The molecule has 0 aromatic heterocycles. The molecule has 35 heavy (non-hydrogen) atoms. The summed E-state index contributed by atoms with van der Waals surface area (Å²) < 4.78 is 38.7. The van der Waals surface area contributed by atoms with Gasteiger partial charge in [-0.1, -0.05) is 18.2 Å². The molecular formula is C27H32F2N2O4. The second kappa shape index (κ2) is 11.6. The van der Waals surface area contributed by atoms with Crippen LogP contribution in [0.1, 0.15) is 31.2 Å². The molecule has 0 bridgehead atoms. The van der Waals surface area contributed by atoms with E-state index in [2.05, 4.69) is 0 Å². The van der Waals surface area contributed by atoms with E-state index >= 15 is 0 Å². The Morgan fingerprint density at radius 1 is 0.943 bits per heavy atom. The third-order valence-corrected chi connectivity index (χ3v) is 6.83. The van der Waals surface area contributed by atoms with Crippen LogP contribution in [0.5, 0.6) is 5.75 Å². The Bertz CT molecular complexity index is 1010. The number of carbonyl (C=O) groups excluding carboxylic acids is 2. The lowest BCUT2D eigenvalue weighted by molar-refractivity contribution is -0.143. The summed E-state index contributed by atoms with van der Waals surface area (Å²) in [6.07, 6.45) is 2.27. The minimum Gasteiger partial charge on any atom is -0.493 e. The molecule has 2 aliphatic heterocycles. The highest BCUT2D eigenvalue weighted by Crippen LogP contribution is 2.36. The first-order valence-electron chi connectivity index (χ1n) is 12.2. The Morgan fingerprint density at radius 2 is 1.69 bits per heavy atom. The van der Waals surface area contributed by atoms with Crippen molar-refractivity contribution in [2.45, 2.75) is 32.1 Å². The Labute approximate surface area is 204 Å². The van der Waals surface area contributed by atoms with E-state index in [1.807, 2.05) is 4.90 Å². The van der Waals surface area contributed by atoms with E-state index < -0.39 is 5.41 Å². The van der Waals surface area contributed by atoms with Crippen LogP contribution >= 0.6 is 0 Å². The number of piperidine rings is 1. The summed E-state index contributed by atoms with van der Waals surface area (Å²) in [4.78, 5) is 29.8. The molecule has 0 radical (unpaired) electrons. The Kier molecular flexibility index (Phi) is 8.33. The van der Waals surface area contributed by atoms with Crippen molar-refractivity contribution in [2.24, 2.45) is 5.41 Å². The van der Waals surface area contributed by atoms with Gasteiger partial charge in [-0.05, 0) is 55.2 Å². The molecule has 1 atom stereocenters. The number of aryl methyl sites for hydroxylation is 1. The molecule has 2 fully saturated rings. The van der Waals surface area contributed by atoms with Crippen molar-refractivity contribution in [1.82, 2.24) is 9.80 Å². The van der Waals surface area contributed by atoms with E-state index in [0.29, 0.717) is 57.1 Å². The molecule has 2 heterocycles. The van der Waals surface area contributed by atoms with E-state index in [-0.39, 0.29) is 42.9 Å². The minimum absolute atomic E-state index is 0.0247. The van der Waals surface area contributed by atoms with Gasteiger partial charge in [-0.15, -0.1) is 0 Å². The van der Waals surface area contributed by atoms with Crippen molar-refractivity contribution in [3.8, 4) is 5.75 Å². The van der Waals surface area contributed by atoms with Crippen LogP contribution in [-0.4, -0.2) is 67.6 Å². The normalized spacial score (nSPS) is 20.5. The van der Waals surface area contributed by atoms with Crippen molar-refractivity contribution < 1.29 is 27.8 Å². The molecule has 0 saturated carbocycles. The molecule has 8 heteroatoms. The maximum atomic E-state index is 14.0. The quantitative estimate of drug-likeness (QED) is 0.569. The minimum atomic E-state index is -0.560. The van der Waals surface area contributed by atoms with Crippen molar-refractivity contribution in [3.63, 3.8) is 0 Å². The number of ether oxygens (including phenoxy) is 2. The average molecular weight is 487 g/mol. The molecule has 0 N–H and O–H groups in total. The van der Waals surface area contributed by atoms with Crippen LogP contribution in [0.25, 0.3) is 0 Å². The molecule has 2 saturated heterocycles. The highest BCUT2D eigenvalue weighted by atomic mass is 19.1. The number of nitrogens with zero attached hydrogens (tertiary/aromatic N) is 2. The highest BCUT2D eigenvalue weighted by molar-refractivity contribution is 5.78. The van der Waals surface area contributed by atoms with Crippen LogP contribution in [-0.2, 0) is 20.7 Å². The summed E-state index contributed by atoms with van der Waals surface area (Å²) in [5.74, 6) is -0.168. The molecule has 6 nitrogen and oxygen atoms in total. The van der Waals surface area contributed by atoms with Gasteiger partial charge >= 0.3 is 0 Å². The first-order chi connectivity index (χ1) is 16.9.